The number of hydrogen-bond acceptors (Lipinski definition) is 4. The molecule has 18 heavy (non-hydrogen) atoms. The summed E-state index contributed by atoms with van der Waals surface area (Å²) in [6, 6.07) is 3.75. The fourth-order valence-electron chi connectivity index (χ4n) is 1.81. The Morgan fingerprint density at radius 1 is 1.33 bits per heavy atom. The molecule has 2 N–H and O–H groups in total. The van der Waals surface area contributed by atoms with Gasteiger partial charge in [0.25, 0.3) is 0 Å². The zero-order chi connectivity index (χ0) is 13.1. The van der Waals surface area contributed by atoms with E-state index in [4.69, 9.17) is 5.73 Å². The SMILES string of the molecule is CCCn1nccc1-c1nc(N)cc(C(C)C)n1. The van der Waals surface area contributed by atoms with Gasteiger partial charge in [-0.05, 0) is 18.4 Å². The molecule has 96 valence electrons. The highest BCUT2D eigenvalue weighted by Gasteiger charge is 2.11. The van der Waals surface area contributed by atoms with Crippen LogP contribution in [0.25, 0.3) is 11.5 Å². The monoisotopic (exact) mass is 245 g/mol. The largest absolute Gasteiger partial charge is 0.384 e. The van der Waals surface area contributed by atoms with Crippen molar-refractivity contribution < 1.29 is 0 Å². The molecule has 0 aromatic carbocycles. The third kappa shape index (κ3) is 2.50. The lowest BCUT2D eigenvalue weighted by atomic mass is 10.1. The first-order valence-electron chi connectivity index (χ1n) is 6.28. The van der Waals surface area contributed by atoms with E-state index in [1.165, 1.54) is 0 Å². The Morgan fingerprint density at radius 2 is 2.11 bits per heavy atom. The first kappa shape index (κ1) is 12.5. The topological polar surface area (TPSA) is 69.6 Å². The van der Waals surface area contributed by atoms with Crippen LogP contribution in [0.1, 0.15) is 38.8 Å². The Hall–Kier alpha value is -1.91. The third-order valence-corrected chi connectivity index (χ3v) is 2.74. The molecule has 5 heteroatoms. The maximum absolute atomic E-state index is 5.85. The Balaban J connectivity index is 2.46. The van der Waals surface area contributed by atoms with Gasteiger partial charge < -0.3 is 5.73 Å². The number of nitrogens with zero attached hydrogens (tertiary/aromatic N) is 4. The number of hydrogen-bond donors (Lipinski definition) is 1. The molecule has 0 bridgehead atoms. The predicted octanol–water partition coefficient (Wildman–Crippen LogP) is 2.46. The summed E-state index contributed by atoms with van der Waals surface area (Å²) in [4.78, 5) is 8.87. The normalized spacial score (nSPS) is 11.1. The molecule has 2 rings (SSSR count). The molecular formula is C13H19N5. The second-order valence-electron chi connectivity index (χ2n) is 4.64. The van der Waals surface area contributed by atoms with Crippen molar-refractivity contribution in [2.75, 3.05) is 5.73 Å². The van der Waals surface area contributed by atoms with Crippen LogP contribution in [0.15, 0.2) is 18.3 Å². The summed E-state index contributed by atoms with van der Waals surface area (Å²) in [5, 5.41) is 4.28. The Kier molecular flexibility index (Phi) is 3.60. The number of nitrogens with two attached hydrogens (primary N) is 1. The quantitative estimate of drug-likeness (QED) is 0.898. The van der Waals surface area contributed by atoms with Crippen LogP contribution < -0.4 is 5.73 Å². The van der Waals surface area contributed by atoms with Gasteiger partial charge in [-0.3, -0.25) is 4.68 Å². The van der Waals surface area contributed by atoms with Gasteiger partial charge in [0.2, 0.25) is 0 Å². The van der Waals surface area contributed by atoms with E-state index >= 15 is 0 Å². The van der Waals surface area contributed by atoms with Crippen molar-refractivity contribution in [3.8, 4) is 11.5 Å². The molecule has 0 saturated heterocycles. The van der Waals surface area contributed by atoms with Gasteiger partial charge in [-0.25, -0.2) is 9.97 Å². The molecule has 0 aliphatic carbocycles. The molecule has 0 spiro atoms. The van der Waals surface area contributed by atoms with Crippen molar-refractivity contribution in [1.29, 1.82) is 0 Å². The van der Waals surface area contributed by atoms with Crippen molar-refractivity contribution in [2.45, 2.75) is 39.7 Å². The van der Waals surface area contributed by atoms with Gasteiger partial charge in [-0.2, -0.15) is 5.10 Å². The highest BCUT2D eigenvalue weighted by Crippen LogP contribution is 2.20. The van der Waals surface area contributed by atoms with Crippen molar-refractivity contribution in [3.05, 3.63) is 24.0 Å². The summed E-state index contributed by atoms with van der Waals surface area (Å²) in [5.74, 6) is 1.49. The lowest BCUT2D eigenvalue weighted by Crippen LogP contribution is -2.06. The average Bonchev–Trinajstić information content (AvgIpc) is 2.77. The molecule has 5 nitrogen and oxygen atoms in total. The van der Waals surface area contributed by atoms with Crippen LogP contribution in [0, 0.1) is 0 Å². The van der Waals surface area contributed by atoms with Crippen LogP contribution in [-0.2, 0) is 6.54 Å². The molecule has 0 aliphatic rings. The highest BCUT2D eigenvalue weighted by atomic mass is 15.3. The molecule has 0 radical (unpaired) electrons. The minimum absolute atomic E-state index is 0.330. The highest BCUT2D eigenvalue weighted by molar-refractivity contribution is 5.52. The molecule has 0 aliphatic heterocycles. The molecule has 0 fully saturated rings. The standard InChI is InChI=1S/C13H19N5/c1-4-7-18-11(5-6-15-18)13-16-10(9(2)3)8-12(14)17-13/h5-6,8-9H,4,7H2,1-3H3,(H2,14,16,17). The first-order chi connectivity index (χ1) is 8.61. The number of anilines is 1. The van der Waals surface area contributed by atoms with Gasteiger partial charge in [-0.1, -0.05) is 20.8 Å². The average molecular weight is 245 g/mol. The fraction of sp³-hybridized carbons (Fsp3) is 0.462. The summed E-state index contributed by atoms with van der Waals surface area (Å²) in [7, 11) is 0. The van der Waals surface area contributed by atoms with E-state index in [9.17, 15) is 0 Å². The summed E-state index contributed by atoms with van der Waals surface area (Å²) in [6.45, 7) is 7.16. The zero-order valence-electron chi connectivity index (χ0n) is 11.1. The second kappa shape index (κ2) is 5.16. The van der Waals surface area contributed by atoms with Crippen molar-refractivity contribution in [1.82, 2.24) is 19.7 Å². The van der Waals surface area contributed by atoms with Crippen LogP contribution in [0.5, 0.6) is 0 Å². The third-order valence-electron chi connectivity index (χ3n) is 2.74. The number of aryl methyl sites for hydroxylation is 1. The lowest BCUT2D eigenvalue weighted by Gasteiger charge is -2.09. The van der Waals surface area contributed by atoms with Gasteiger partial charge in [0, 0.05) is 24.5 Å². The predicted molar refractivity (Wildman–Crippen MR) is 72.0 cm³/mol. The van der Waals surface area contributed by atoms with E-state index in [-0.39, 0.29) is 0 Å². The van der Waals surface area contributed by atoms with E-state index in [0.717, 1.165) is 24.4 Å². The van der Waals surface area contributed by atoms with E-state index < -0.39 is 0 Å². The van der Waals surface area contributed by atoms with Gasteiger partial charge in [0.05, 0.1) is 0 Å². The zero-order valence-corrected chi connectivity index (χ0v) is 11.1. The van der Waals surface area contributed by atoms with Crippen molar-refractivity contribution in [3.63, 3.8) is 0 Å². The molecule has 2 aromatic heterocycles. The molecular weight excluding hydrogens is 226 g/mol. The van der Waals surface area contributed by atoms with Gasteiger partial charge in [-0.15, -0.1) is 0 Å². The van der Waals surface area contributed by atoms with Gasteiger partial charge >= 0.3 is 0 Å². The summed E-state index contributed by atoms with van der Waals surface area (Å²) in [5.41, 5.74) is 7.73. The van der Waals surface area contributed by atoms with Crippen LogP contribution in [0.4, 0.5) is 5.82 Å². The maximum atomic E-state index is 5.85. The Labute approximate surface area is 107 Å². The minimum atomic E-state index is 0.330. The van der Waals surface area contributed by atoms with E-state index in [1.807, 2.05) is 16.8 Å². The summed E-state index contributed by atoms with van der Waals surface area (Å²) < 4.78 is 1.92. The van der Waals surface area contributed by atoms with Crippen molar-refractivity contribution >= 4 is 5.82 Å². The van der Waals surface area contributed by atoms with Crippen LogP contribution >= 0.6 is 0 Å². The van der Waals surface area contributed by atoms with Crippen LogP contribution in [-0.4, -0.2) is 19.7 Å². The van der Waals surface area contributed by atoms with E-state index in [0.29, 0.717) is 17.6 Å². The number of aromatic nitrogens is 4. The first-order valence-corrected chi connectivity index (χ1v) is 6.28. The maximum Gasteiger partial charge on any atom is 0.180 e. The lowest BCUT2D eigenvalue weighted by molar-refractivity contribution is 0.606. The molecule has 0 saturated carbocycles. The molecule has 0 atom stereocenters. The molecule has 2 aromatic rings. The smallest absolute Gasteiger partial charge is 0.180 e. The van der Waals surface area contributed by atoms with Gasteiger partial charge in [0.15, 0.2) is 5.82 Å². The van der Waals surface area contributed by atoms with Gasteiger partial charge in [0.1, 0.15) is 11.5 Å². The summed E-state index contributed by atoms with van der Waals surface area (Å²) in [6.07, 6.45) is 2.79. The number of rotatable bonds is 4. The van der Waals surface area contributed by atoms with E-state index in [1.54, 1.807) is 6.20 Å². The molecule has 0 amide bonds. The second-order valence-corrected chi connectivity index (χ2v) is 4.64. The van der Waals surface area contributed by atoms with Crippen LogP contribution in [0.3, 0.4) is 0 Å². The van der Waals surface area contributed by atoms with Crippen molar-refractivity contribution in [2.24, 2.45) is 0 Å². The van der Waals surface area contributed by atoms with Crippen LogP contribution in [0.2, 0.25) is 0 Å². The molecule has 0 unspecified atom stereocenters. The summed E-state index contributed by atoms with van der Waals surface area (Å²) >= 11 is 0. The Bertz CT molecular complexity index is 530. The van der Waals surface area contributed by atoms with E-state index in [2.05, 4.69) is 35.8 Å². The fourth-order valence-corrected chi connectivity index (χ4v) is 1.81. The number of nitrogen functional groups attached to an aromatic ring is 1. The minimum Gasteiger partial charge on any atom is -0.384 e. The molecule has 2 heterocycles. The Morgan fingerprint density at radius 3 is 2.78 bits per heavy atom.